The Morgan fingerprint density at radius 2 is 0.935 bits per heavy atom. The van der Waals surface area contributed by atoms with Gasteiger partial charge in [-0.05, 0) is 81.4 Å². The average molecular weight is 792 g/mol. The van der Waals surface area contributed by atoms with Crippen molar-refractivity contribution < 1.29 is 4.42 Å². The van der Waals surface area contributed by atoms with E-state index in [0.717, 1.165) is 105 Å². The highest BCUT2D eigenvalue weighted by molar-refractivity contribution is 6.19. The van der Waals surface area contributed by atoms with Gasteiger partial charge in [-0.2, -0.15) is 0 Å². The second kappa shape index (κ2) is 14.7. The molecule has 0 fully saturated rings. The molecule has 12 rings (SSSR count). The normalized spacial score (nSPS) is 11.5. The van der Waals surface area contributed by atoms with E-state index in [2.05, 4.69) is 205 Å². The first-order chi connectivity index (χ1) is 30.7. The first-order valence-corrected chi connectivity index (χ1v) is 21.0. The van der Waals surface area contributed by atoms with Crippen LogP contribution in [0.25, 0.3) is 99.3 Å². The zero-order chi connectivity index (χ0) is 41.0. The molecule has 2 heterocycles. The van der Waals surface area contributed by atoms with Crippen molar-refractivity contribution in [2.75, 3.05) is 4.90 Å². The summed E-state index contributed by atoms with van der Waals surface area (Å²) in [7, 11) is 0. The van der Waals surface area contributed by atoms with Crippen molar-refractivity contribution in [1.29, 1.82) is 0 Å². The number of anilines is 3. The molecule has 0 spiro atoms. The van der Waals surface area contributed by atoms with Gasteiger partial charge in [0.15, 0.2) is 0 Å². The Morgan fingerprint density at radius 3 is 1.74 bits per heavy atom. The maximum Gasteiger partial charge on any atom is 0.137 e. The predicted molar refractivity (Wildman–Crippen MR) is 258 cm³/mol. The maximum atomic E-state index is 6.52. The van der Waals surface area contributed by atoms with Crippen LogP contribution >= 0.6 is 0 Å². The van der Waals surface area contributed by atoms with Crippen molar-refractivity contribution >= 4 is 71.6 Å². The molecule has 4 nitrogen and oxygen atoms in total. The van der Waals surface area contributed by atoms with Gasteiger partial charge in [0.25, 0.3) is 0 Å². The van der Waals surface area contributed by atoms with Gasteiger partial charge in [0, 0.05) is 50.3 Å². The van der Waals surface area contributed by atoms with Crippen molar-refractivity contribution in [1.82, 2.24) is 9.97 Å². The van der Waals surface area contributed by atoms with Gasteiger partial charge in [0.1, 0.15) is 11.2 Å². The highest BCUT2D eigenvalue weighted by Crippen LogP contribution is 2.45. The molecule has 10 aromatic carbocycles. The lowest BCUT2D eigenvalue weighted by Gasteiger charge is -2.28. The maximum absolute atomic E-state index is 6.52. The molecule has 0 N–H and O–H groups in total. The van der Waals surface area contributed by atoms with Crippen LogP contribution in [0, 0.1) is 0 Å². The number of hydrogen-bond donors (Lipinski definition) is 0. The second-order valence-electron chi connectivity index (χ2n) is 15.7. The van der Waals surface area contributed by atoms with E-state index in [-0.39, 0.29) is 0 Å². The van der Waals surface area contributed by atoms with E-state index in [1.54, 1.807) is 0 Å². The van der Waals surface area contributed by atoms with Gasteiger partial charge in [-0.3, -0.25) is 0 Å². The molecule has 0 atom stereocenters. The number of hydrogen-bond acceptors (Lipinski definition) is 4. The molecule has 0 unspecified atom stereocenters. The molecular formula is C58H37N3O. The molecule has 0 saturated carbocycles. The first kappa shape index (κ1) is 35.6. The third kappa shape index (κ3) is 6.08. The quantitative estimate of drug-likeness (QED) is 0.151. The average Bonchev–Trinajstić information content (AvgIpc) is 3.72. The molecule has 0 radical (unpaired) electrons. The standard InChI is InChI=1S/C58H37N3O/c1-4-15-38(16-5-1)43-21-14-22-44(35-43)47-23-10-12-25-52(47)61(46-32-33-49-48-24-11-13-26-53(48)62-54(49)37-46)45-31-29-39-27-28-40-30-34-51-58(55(40)50(39)36-45)60-57(42-19-8-3-9-20-42)56(59-51)41-17-6-2-7-18-41/h1-37H. The van der Waals surface area contributed by atoms with Gasteiger partial charge in [-0.15, -0.1) is 0 Å². The largest absolute Gasteiger partial charge is 0.456 e. The summed E-state index contributed by atoms with van der Waals surface area (Å²) < 4.78 is 6.52. The number of furan rings is 1. The first-order valence-electron chi connectivity index (χ1n) is 21.0. The lowest BCUT2D eigenvalue weighted by Crippen LogP contribution is -2.11. The molecule has 4 heteroatoms. The molecule has 0 aliphatic heterocycles. The van der Waals surface area contributed by atoms with Crippen molar-refractivity contribution in [2.45, 2.75) is 0 Å². The van der Waals surface area contributed by atoms with Crippen LogP contribution in [0.4, 0.5) is 17.1 Å². The summed E-state index contributed by atoms with van der Waals surface area (Å²) in [4.78, 5) is 13.3. The monoisotopic (exact) mass is 791 g/mol. The molecule has 0 amide bonds. The van der Waals surface area contributed by atoms with Gasteiger partial charge in [-0.1, -0.05) is 170 Å². The summed E-state index contributed by atoms with van der Waals surface area (Å²) in [6.07, 6.45) is 0. The lowest BCUT2D eigenvalue weighted by atomic mass is 9.96. The Bertz CT molecular complexity index is 3640. The SMILES string of the molecule is c1ccc(-c2cccc(-c3ccccc3N(c3ccc4c(c3)oc3ccccc34)c3ccc4ccc5ccc6nc(-c7ccccc7)c(-c7ccccc7)nc6c5c4c3)c2)cc1. The number of fused-ring (bicyclic) bond motifs is 8. The van der Waals surface area contributed by atoms with E-state index in [4.69, 9.17) is 14.4 Å². The summed E-state index contributed by atoms with van der Waals surface area (Å²) in [5.74, 6) is 0. The third-order valence-electron chi connectivity index (χ3n) is 12.0. The Balaban J connectivity index is 1.11. The molecule has 0 bridgehead atoms. The van der Waals surface area contributed by atoms with Gasteiger partial charge in [0.05, 0.1) is 28.1 Å². The highest BCUT2D eigenvalue weighted by atomic mass is 16.3. The minimum absolute atomic E-state index is 0.840. The molecule has 2 aromatic heterocycles. The molecule has 0 aliphatic rings. The third-order valence-corrected chi connectivity index (χ3v) is 12.0. The summed E-state index contributed by atoms with van der Waals surface area (Å²) in [5.41, 5.74) is 14.9. The second-order valence-corrected chi connectivity index (χ2v) is 15.7. The predicted octanol–water partition coefficient (Wildman–Crippen LogP) is 16.0. The van der Waals surface area contributed by atoms with E-state index in [1.165, 1.54) is 11.1 Å². The fraction of sp³-hybridized carbons (Fsp3) is 0. The summed E-state index contributed by atoms with van der Waals surface area (Å²) in [6, 6.07) is 79.2. The van der Waals surface area contributed by atoms with Crippen LogP contribution in [-0.4, -0.2) is 9.97 Å². The van der Waals surface area contributed by atoms with Crippen LogP contribution in [-0.2, 0) is 0 Å². The summed E-state index contributed by atoms with van der Waals surface area (Å²) in [6.45, 7) is 0. The zero-order valence-corrected chi connectivity index (χ0v) is 33.6. The van der Waals surface area contributed by atoms with E-state index in [1.807, 2.05) is 24.3 Å². The molecule has 0 aliphatic carbocycles. The van der Waals surface area contributed by atoms with E-state index in [0.29, 0.717) is 0 Å². The molecular weight excluding hydrogens is 755 g/mol. The highest BCUT2D eigenvalue weighted by Gasteiger charge is 2.21. The van der Waals surface area contributed by atoms with Crippen LogP contribution in [0.15, 0.2) is 229 Å². The number of rotatable bonds is 7. The fourth-order valence-electron chi connectivity index (χ4n) is 9.07. The molecule has 62 heavy (non-hydrogen) atoms. The summed E-state index contributed by atoms with van der Waals surface area (Å²) in [5, 5.41) is 6.60. The molecule has 0 saturated heterocycles. The van der Waals surface area contributed by atoms with Crippen LogP contribution in [0.2, 0.25) is 0 Å². The van der Waals surface area contributed by atoms with E-state index >= 15 is 0 Å². The Morgan fingerprint density at radius 1 is 0.355 bits per heavy atom. The van der Waals surface area contributed by atoms with Crippen molar-refractivity contribution in [3.05, 3.63) is 224 Å². The molecule has 12 aromatic rings. The van der Waals surface area contributed by atoms with Gasteiger partial charge < -0.3 is 9.32 Å². The number of nitrogens with zero attached hydrogens (tertiary/aromatic N) is 3. The Kier molecular flexibility index (Phi) is 8.46. The Labute approximate surface area is 358 Å². The van der Waals surface area contributed by atoms with Crippen LogP contribution in [0.5, 0.6) is 0 Å². The number of benzene rings is 10. The topological polar surface area (TPSA) is 42.2 Å². The molecule has 290 valence electrons. The van der Waals surface area contributed by atoms with Crippen molar-refractivity contribution in [2.24, 2.45) is 0 Å². The van der Waals surface area contributed by atoms with Crippen LogP contribution in [0.3, 0.4) is 0 Å². The van der Waals surface area contributed by atoms with Crippen molar-refractivity contribution in [3.63, 3.8) is 0 Å². The van der Waals surface area contributed by atoms with Gasteiger partial charge in [-0.25, -0.2) is 9.97 Å². The minimum Gasteiger partial charge on any atom is -0.456 e. The lowest BCUT2D eigenvalue weighted by molar-refractivity contribution is 0.669. The zero-order valence-electron chi connectivity index (χ0n) is 33.6. The minimum atomic E-state index is 0.840. The number of para-hydroxylation sites is 2. The van der Waals surface area contributed by atoms with Crippen molar-refractivity contribution in [3.8, 4) is 44.8 Å². The Hall–Kier alpha value is -8.34. The van der Waals surface area contributed by atoms with Crippen LogP contribution in [0.1, 0.15) is 0 Å². The summed E-state index contributed by atoms with van der Waals surface area (Å²) >= 11 is 0. The van der Waals surface area contributed by atoms with E-state index < -0.39 is 0 Å². The van der Waals surface area contributed by atoms with E-state index in [9.17, 15) is 0 Å². The van der Waals surface area contributed by atoms with Crippen LogP contribution < -0.4 is 4.90 Å². The fourth-order valence-corrected chi connectivity index (χ4v) is 9.07. The van der Waals surface area contributed by atoms with Gasteiger partial charge >= 0.3 is 0 Å². The smallest absolute Gasteiger partial charge is 0.137 e. The van der Waals surface area contributed by atoms with Gasteiger partial charge in [0.2, 0.25) is 0 Å². The number of aromatic nitrogens is 2.